The molecule has 0 aliphatic carbocycles. The monoisotopic (exact) mass is 399 g/mol. The fourth-order valence-corrected chi connectivity index (χ4v) is 3.42. The molecule has 3 aromatic carbocycles. The van der Waals surface area contributed by atoms with Gasteiger partial charge >= 0.3 is 5.97 Å². The third-order valence-electron chi connectivity index (χ3n) is 3.92. The van der Waals surface area contributed by atoms with Crippen molar-refractivity contribution in [1.82, 2.24) is 0 Å². The lowest BCUT2D eigenvalue weighted by atomic mass is 10.1. The van der Waals surface area contributed by atoms with Gasteiger partial charge in [-0.05, 0) is 47.5 Å². The average molecular weight is 400 g/mol. The van der Waals surface area contributed by atoms with Gasteiger partial charge in [0.15, 0.2) is 6.61 Å². The van der Waals surface area contributed by atoms with Gasteiger partial charge in [-0.3, -0.25) is 9.59 Å². The lowest BCUT2D eigenvalue weighted by Gasteiger charge is -2.09. The Hall–Kier alpha value is -2.50. The van der Waals surface area contributed by atoms with Crippen molar-refractivity contribution in [3.05, 3.63) is 71.2 Å². The van der Waals surface area contributed by atoms with Crippen LogP contribution in [0, 0.1) is 6.92 Å². The van der Waals surface area contributed by atoms with Crippen molar-refractivity contribution in [2.45, 2.75) is 11.8 Å². The highest BCUT2D eigenvalue weighted by atomic mass is 35.5. The first kappa shape index (κ1) is 19.3. The Labute approximate surface area is 166 Å². The van der Waals surface area contributed by atoms with Crippen LogP contribution >= 0.6 is 23.4 Å². The molecular weight excluding hydrogens is 382 g/mol. The van der Waals surface area contributed by atoms with Crippen molar-refractivity contribution in [3.8, 4) is 0 Å². The number of aryl methyl sites for hydroxylation is 1. The molecule has 6 heteroatoms. The number of carbonyl (C=O) groups excluding carboxylic acids is 2. The molecule has 0 atom stereocenters. The maximum absolute atomic E-state index is 12.0. The number of thioether (sulfide) groups is 1. The quantitative estimate of drug-likeness (QED) is 0.464. The second-order valence-electron chi connectivity index (χ2n) is 5.97. The zero-order valence-corrected chi connectivity index (χ0v) is 16.3. The largest absolute Gasteiger partial charge is 0.455 e. The van der Waals surface area contributed by atoms with Crippen LogP contribution in [0.15, 0.2) is 65.6 Å². The van der Waals surface area contributed by atoms with Crippen molar-refractivity contribution in [3.63, 3.8) is 0 Å². The second kappa shape index (κ2) is 8.93. The first-order valence-corrected chi connectivity index (χ1v) is 9.71. The molecule has 1 amide bonds. The molecule has 1 N–H and O–H groups in total. The maximum atomic E-state index is 12.0. The van der Waals surface area contributed by atoms with Gasteiger partial charge in [-0.1, -0.05) is 48.0 Å². The van der Waals surface area contributed by atoms with Gasteiger partial charge in [0.25, 0.3) is 5.91 Å². The van der Waals surface area contributed by atoms with E-state index >= 15 is 0 Å². The van der Waals surface area contributed by atoms with Crippen LogP contribution in [0.4, 0.5) is 5.69 Å². The van der Waals surface area contributed by atoms with Crippen LogP contribution in [0.2, 0.25) is 5.02 Å². The van der Waals surface area contributed by atoms with E-state index in [4.69, 9.17) is 16.3 Å². The number of amides is 1. The van der Waals surface area contributed by atoms with Crippen LogP contribution in [0.1, 0.15) is 5.56 Å². The molecule has 0 heterocycles. The van der Waals surface area contributed by atoms with Crippen LogP contribution in [-0.2, 0) is 14.3 Å². The number of hydrogen-bond acceptors (Lipinski definition) is 4. The molecule has 27 heavy (non-hydrogen) atoms. The van der Waals surface area contributed by atoms with Gasteiger partial charge in [0.1, 0.15) is 0 Å². The predicted octanol–water partition coefficient (Wildman–Crippen LogP) is 5.08. The topological polar surface area (TPSA) is 55.4 Å². The van der Waals surface area contributed by atoms with Gasteiger partial charge in [0.05, 0.1) is 5.75 Å². The summed E-state index contributed by atoms with van der Waals surface area (Å²) in [5.74, 6) is -0.697. The summed E-state index contributed by atoms with van der Waals surface area (Å²) in [5, 5.41) is 5.49. The molecule has 0 fully saturated rings. The number of esters is 1. The van der Waals surface area contributed by atoms with Gasteiger partial charge < -0.3 is 10.1 Å². The SMILES string of the molecule is Cc1ccc(Cl)cc1NC(=O)COC(=O)CSc1ccc2ccccc2c1. The number of ether oxygens (including phenoxy) is 1. The molecule has 3 rings (SSSR count). The van der Waals surface area contributed by atoms with E-state index in [1.54, 1.807) is 12.1 Å². The van der Waals surface area contributed by atoms with Gasteiger partial charge in [-0.25, -0.2) is 0 Å². The molecule has 0 saturated heterocycles. The Morgan fingerprint density at radius 1 is 1.04 bits per heavy atom. The Kier molecular flexibility index (Phi) is 6.37. The van der Waals surface area contributed by atoms with Gasteiger partial charge in [-0.2, -0.15) is 0 Å². The molecule has 0 spiro atoms. The molecule has 0 aliphatic heterocycles. The number of anilines is 1. The molecule has 4 nitrogen and oxygen atoms in total. The Balaban J connectivity index is 1.47. The number of benzene rings is 3. The van der Waals surface area contributed by atoms with E-state index in [-0.39, 0.29) is 12.4 Å². The third kappa shape index (κ3) is 5.49. The summed E-state index contributed by atoms with van der Waals surface area (Å²) < 4.78 is 5.05. The van der Waals surface area contributed by atoms with Crippen LogP contribution < -0.4 is 5.32 Å². The molecule has 0 aromatic heterocycles. The number of nitrogens with one attached hydrogen (secondary N) is 1. The molecule has 3 aromatic rings. The first-order chi connectivity index (χ1) is 13.0. The summed E-state index contributed by atoms with van der Waals surface area (Å²) in [6.07, 6.45) is 0. The Bertz CT molecular complexity index is 990. The summed E-state index contributed by atoms with van der Waals surface area (Å²) in [6.45, 7) is 1.53. The van der Waals surface area contributed by atoms with E-state index < -0.39 is 11.9 Å². The molecule has 0 saturated carbocycles. The minimum absolute atomic E-state index is 0.141. The number of carbonyl (C=O) groups is 2. The highest BCUT2D eigenvalue weighted by Crippen LogP contribution is 2.24. The van der Waals surface area contributed by atoms with E-state index in [1.807, 2.05) is 55.5 Å². The van der Waals surface area contributed by atoms with Crippen LogP contribution in [0.5, 0.6) is 0 Å². The smallest absolute Gasteiger partial charge is 0.316 e. The van der Waals surface area contributed by atoms with Crippen LogP contribution in [0.25, 0.3) is 10.8 Å². The minimum Gasteiger partial charge on any atom is -0.455 e. The van der Waals surface area contributed by atoms with E-state index in [9.17, 15) is 9.59 Å². The minimum atomic E-state index is -0.439. The zero-order chi connectivity index (χ0) is 19.2. The molecular formula is C21H18ClNO3S. The summed E-state index contributed by atoms with van der Waals surface area (Å²) in [6, 6.07) is 19.3. The fourth-order valence-electron chi connectivity index (χ4n) is 2.50. The highest BCUT2D eigenvalue weighted by Gasteiger charge is 2.10. The maximum Gasteiger partial charge on any atom is 0.316 e. The molecule has 0 radical (unpaired) electrons. The van der Waals surface area contributed by atoms with Crippen molar-refractivity contribution in [1.29, 1.82) is 0 Å². The number of fused-ring (bicyclic) bond motifs is 1. The summed E-state index contributed by atoms with van der Waals surface area (Å²) in [4.78, 5) is 24.9. The zero-order valence-electron chi connectivity index (χ0n) is 14.7. The standard InChI is InChI=1S/C21H18ClNO3S/c1-14-6-8-17(22)11-19(14)23-20(24)12-26-21(25)13-27-18-9-7-15-4-2-3-5-16(15)10-18/h2-11H,12-13H2,1H3,(H,23,24). The summed E-state index contributed by atoms with van der Waals surface area (Å²) in [7, 11) is 0. The third-order valence-corrected chi connectivity index (χ3v) is 5.12. The average Bonchev–Trinajstić information content (AvgIpc) is 2.67. The van der Waals surface area contributed by atoms with Crippen LogP contribution in [-0.4, -0.2) is 24.2 Å². The van der Waals surface area contributed by atoms with Crippen molar-refractivity contribution in [2.75, 3.05) is 17.7 Å². The molecule has 0 bridgehead atoms. The normalized spacial score (nSPS) is 10.6. The first-order valence-electron chi connectivity index (χ1n) is 8.34. The van der Waals surface area contributed by atoms with Gasteiger partial charge in [0.2, 0.25) is 0 Å². The van der Waals surface area contributed by atoms with Crippen molar-refractivity contribution >= 4 is 51.7 Å². The fraction of sp³-hybridized carbons (Fsp3) is 0.143. The lowest BCUT2D eigenvalue weighted by Crippen LogP contribution is -2.22. The second-order valence-corrected chi connectivity index (χ2v) is 7.45. The summed E-state index contributed by atoms with van der Waals surface area (Å²) in [5.41, 5.74) is 1.49. The molecule has 0 aliphatic rings. The van der Waals surface area contributed by atoms with Gasteiger partial charge in [0, 0.05) is 15.6 Å². The number of rotatable bonds is 6. The molecule has 138 valence electrons. The van der Waals surface area contributed by atoms with Crippen molar-refractivity contribution in [2.24, 2.45) is 0 Å². The van der Waals surface area contributed by atoms with E-state index in [1.165, 1.54) is 11.8 Å². The highest BCUT2D eigenvalue weighted by molar-refractivity contribution is 8.00. The Morgan fingerprint density at radius 2 is 1.81 bits per heavy atom. The number of halogens is 1. The van der Waals surface area contributed by atoms with E-state index in [0.29, 0.717) is 10.7 Å². The predicted molar refractivity (Wildman–Crippen MR) is 110 cm³/mol. The van der Waals surface area contributed by atoms with Crippen molar-refractivity contribution < 1.29 is 14.3 Å². The number of hydrogen-bond donors (Lipinski definition) is 1. The lowest BCUT2D eigenvalue weighted by molar-refractivity contribution is -0.144. The Morgan fingerprint density at radius 3 is 2.63 bits per heavy atom. The van der Waals surface area contributed by atoms with E-state index in [0.717, 1.165) is 21.2 Å². The van der Waals surface area contributed by atoms with Gasteiger partial charge in [-0.15, -0.1) is 11.8 Å². The van der Waals surface area contributed by atoms with E-state index in [2.05, 4.69) is 5.32 Å². The van der Waals surface area contributed by atoms with Crippen LogP contribution in [0.3, 0.4) is 0 Å². The summed E-state index contributed by atoms with van der Waals surface area (Å²) >= 11 is 7.30. The molecule has 0 unspecified atom stereocenters.